The van der Waals surface area contributed by atoms with Crippen LogP contribution in [-0.2, 0) is 9.53 Å². The van der Waals surface area contributed by atoms with Crippen LogP contribution in [0.15, 0.2) is 66.7 Å². The fourth-order valence-corrected chi connectivity index (χ4v) is 4.27. The summed E-state index contributed by atoms with van der Waals surface area (Å²) in [5, 5.41) is 14.1. The Morgan fingerprint density at radius 3 is 2.23 bits per heavy atom. The van der Waals surface area contributed by atoms with E-state index in [1.54, 1.807) is 6.92 Å². The van der Waals surface area contributed by atoms with Crippen LogP contribution in [0.2, 0.25) is 0 Å². The van der Waals surface area contributed by atoms with Crippen molar-refractivity contribution in [3.8, 4) is 11.1 Å². The summed E-state index contributed by atoms with van der Waals surface area (Å²) in [6, 6.07) is 19.5. The van der Waals surface area contributed by atoms with E-state index in [0.717, 1.165) is 34.4 Å². The Balaban J connectivity index is 1.24. The Bertz CT molecular complexity index is 1230. The smallest absolute Gasteiger partial charge is 0.407 e. The third-order valence-corrected chi connectivity index (χ3v) is 5.96. The van der Waals surface area contributed by atoms with E-state index >= 15 is 0 Å². The molecule has 0 fully saturated rings. The standard InChI is InChI=1S/C27H25FN2O5/c1-16(12-25(31)30-17-10-11-22(26(32)33)24(28)13-17)14-29-27(34)35-15-23-20-8-4-2-6-18(20)19-7-3-5-9-21(19)23/h2-11,13,16,23H,12,14-15H2,1H3,(H,29,34)(H,30,31)(H,32,33). The number of anilines is 1. The van der Waals surface area contributed by atoms with E-state index < -0.39 is 23.4 Å². The molecule has 1 aliphatic carbocycles. The number of carboxylic acids is 1. The monoisotopic (exact) mass is 476 g/mol. The van der Waals surface area contributed by atoms with Gasteiger partial charge in [0.1, 0.15) is 12.4 Å². The van der Waals surface area contributed by atoms with Crippen molar-refractivity contribution in [3.05, 3.63) is 89.2 Å². The molecule has 0 spiro atoms. The molecule has 0 aromatic heterocycles. The molecule has 2 amide bonds. The van der Waals surface area contributed by atoms with Crippen LogP contribution in [-0.4, -0.2) is 36.2 Å². The highest BCUT2D eigenvalue weighted by molar-refractivity contribution is 5.92. The SMILES string of the molecule is CC(CNC(=O)OCC1c2ccccc2-c2ccccc21)CC(=O)Nc1ccc(C(=O)O)c(F)c1. The van der Waals surface area contributed by atoms with Gasteiger partial charge < -0.3 is 20.5 Å². The van der Waals surface area contributed by atoms with Crippen molar-refractivity contribution in [2.45, 2.75) is 19.3 Å². The lowest BCUT2D eigenvalue weighted by atomic mass is 9.98. The van der Waals surface area contributed by atoms with Gasteiger partial charge in [-0.15, -0.1) is 0 Å². The summed E-state index contributed by atoms with van der Waals surface area (Å²) in [6.07, 6.45) is -0.489. The van der Waals surface area contributed by atoms with Gasteiger partial charge in [0.15, 0.2) is 0 Å². The number of nitrogens with one attached hydrogen (secondary N) is 2. The molecule has 0 saturated carbocycles. The fourth-order valence-electron chi connectivity index (χ4n) is 4.27. The summed E-state index contributed by atoms with van der Waals surface area (Å²) < 4.78 is 19.3. The Morgan fingerprint density at radius 1 is 1.00 bits per heavy atom. The zero-order valence-corrected chi connectivity index (χ0v) is 19.1. The topological polar surface area (TPSA) is 105 Å². The first-order valence-corrected chi connectivity index (χ1v) is 11.2. The Morgan fingerprint density at radius 2 is 1.63 bits per heavy atom. The summed E-state index contributed by atoms with van der Waals surface area (Å²) in [5.41, 5.74) is 4.24. The Labute approximate surface area is 201 Å². The van der Waals surface area contributed by atoms with Gasteiger partial charge in [-0.3, -0.25) is 4.79 Å². The summed E-state index contributed by atoms with van der Waals surface area (Å²) in [7, 11) is 0. The van der Waals surface area contributed by atoms with E-state index in [4.69, 9.17) is 9.84 Å². The van der Waals surface area contributed by atoms with Crippen LogP contribution >= 0.6 is 0 Å². The van der Waals surface area contributed by atoms with Crippen molar-refractivity contribution in [3.63, 3.8) is 0 Å². The molecule has 3 N–H and O–H groups in total. The number of aromatic carboxylic acids is 1. The van der Waals surface area contributed by atoms with Gasteiger partial charge in [0.2, 0.25) is 5.91 Å². The van der Waals surface area contributed by atoms with E-state index in [1.807, 2.05) is 36.4 Å². The number of carbonyl (C=O) groups excluding carboxylic acids is 2. The zero-order chi connectivity index (χ0) is 24.9. The lowest BCUT2D eigenvalue weighted by Crippen LogP contribution is -2.31. The first-order chi connectivity index (χ1) is 16.8. The first-order valence-electron chi connectivity index (χ1n) is 11.2. The van der Waals surface area contributed by atoms with Crippen LogP contribution in [0.3, 0.4) is 0 Å². The van der Waals surface area contributed by atoms with Crippen molar-refractivity contribution in [2.75, 3.05) is 18.5 Å². The second kappa shape index (κ2) is 10.4. The lowest BCUT2D eigenvalue weighted by molar-refractivity contribution is -0.116. The van der Waals surface area contributed by atoms with E-state index in [1.165, 1.54) is 6.07 Å². The number of carboxylic acid groups (broad SMARTS) is 1. The number of alkyl carbamates (subject to hydrolysis) is 1. The summed E-state index contributed by atoms with van der Waals surface area (Å²) in [6.45, 7) is 2.21. The van der Waals surface area contributed by atoms with Crippen molar-refractivity contribution in [1.29, 1.82) is 0 Å². The van der Waals surface area contributed by atoms with Crippen LogP contribution in [0, 0.1) is 11.7 Å². The summed E-state index contributed by atoms with van der Waals surface area (Å²) >= 11 is 0. The second-order valence-corrected chi connectivity index (χ2v) is 8.56. The third-order valence-electron chi connectivity index (χ3n) is 5.96. The van der Waals surface area contributed by atoms with Gasteiger partial charge in [0.05, 0.1) is 5.56 Å². The number of halogens is 1. The van der Waals surface area contributed by atoms with Gasteiger partial charge in [0, 0.05) is 24.6 Å². The number of carbonyl (C=O) groups is 3. The lowest BCUT2D eigenvalue weighted by Gasteiger charge is -2.16. The van der Waals surface area contributed by atoms with Crippen molar-refractivity contribution >= 4 is 23.7 Å². The molecule has 0 heterocycles. The second-order valence-electron chi connectivity index (χ2n) is 8.56. The maximum atomic E-state index is 13.8. The van der Waals surface area contributed by atoms with Crippen molar-refractivity contribution in [1.82, 2.24) is 5.32 Å². The molecular weight excluding hydrogens is 451 g/mol. The maximum Gasteiger partial charge on any atom is 0.407 e. The number of amides is 2. The largest absolute Gasteiger partial charge is 0.478 e. The molecule has 180 valence electrons. The highest BCUT2D eigenvalue weighted by Gasteiger charge is 2.29. The van der Waals surface area contributed by atoms with Gasteiger partial charge in [0.25, 0.3) is 0 Å². The van der Waals surface area contributed by atoms with Crippen molar-refractivity contribution in [2.24, 2.45) is 5.92 Å². The molecule has 7 nitrogen and oxygen atoms in total. The molecule has 0 saturated heterocycles. The maximum absolute atomic E-state index is 13.8. The zero-order valence-electron chi connectivity index (χ0n) is 19.1. The minimum atomic E-state index is -1.38. The van der Waals surface area contributed by atoms with Gasteiger partial charge in [-0.05, 0) is 46.4 Å². The highest BCUT2D eigenvalue weighted by Crippen LogP contribution is 2.44. The molecule has 1 atom stereocenters. The van der Waals surface area contributed by atoms with E-state index in [9.17, 15) is 18.8 Å². The number of benzene rings is 3. The van der Waals surface area contributed by atoms with E-state index in [0.29, 0.717) is 0 Å². The number of rotatable bonds is 8. The Kier molecular flexibility index (Phi) is 7.10. The highest BCUT2D eigenvalue weighted by atomic mass is 19.1. The van der Waals surface area contributed by atoms with Crippen LogP contribution in [0.25, 0.3) is 11.1 Å². The van der Waals surface area contributed by atoms with Crippen LogP contribution < -0.4 is 10.6 Å². The van der Waals surface area contributed by atoms with Crippen LogP contribution in [0.4, 0.5) is 14.9 Å². The molecule has 1 unspecified atom stereocenters. The third kappa shape index (κ3) is 5.48. The van der Waals surface area contributed by atoms with Gasteiger partial charge in [-0.1, -0.05) is 55.5 Å². The molecule has 3 aromatic rings. The van der Waals surface area contributed by atoms with Gasteiger partial charge >= 0.3 is 12.1 Å². The molecular formula is C27H25FN2O5. The minimum Gasteiger partial charge on any atom is -0.478 e. The Hall–Kier alpha value is -4.20. The molecule has 8 heteroatoms. The molecule has 3 aromatic carbocycles. The van der Waals surface area contributed by atoms with Crippen molar-refractivity contribution < 1.29 is 28.6 Å². The summed E-state index contributed by atoms with van der Waals surface area (Å²) in [4.78, 5) is 35.4. The molecule has 35 heavy (non-hydrogen) atoms. The van der Waals surface area contributed by atoms with Crippen LogP contribution in [0.5, 0.6) is 0 Å². The average Bonchev–Trinajstić information content (AvgIpc) is 3.15. The number of hydrogen-bond donors (Lipinski definition) is 3. The minimum absolute atomic E-state index is 0.0377. The molecule has 1 aliphatic rings. The number of hydrogen-bond acceptors (Lipinski definition) is 4. The van der Waals surface area contributed by atoms with Crippen LogP contribution in [0.1, 0.15) is 40.7 Å². The normalized spacial score (nSPS) is 12.9. The fraction of sp³-hybridized carbons (Fsp3) is 0.222. The first kappa shape index (κ1) is 23.9. The molecule has 4 rings (SSSR count). The van der Waals surface area contributed by atoms with E-state index in [2.05, 4.69) is 22.8 Å². The molecule has 0 bridgehead atoms. The average molecular weight is 477 g/mol. The van der Waals surface area contributed by atoms with E-state index in [-0.39, 0.29) is 43.0 Å². The predicted octanol–water partition coefficient (Wildman–Crippen LogP) is 5.03. The summed E-state index contributed by atoms with van der Waals surface area (Å²) in [5.74, 6) is -2.94. The number of ether oxygens (including phenoxy) is 1. The number of fused-ring (bicyclic) bond motifs is 3. The molecule has 0 aliphatic heterocycles. The quantitative estimate of drug-likeness (QED) is 0.423. The molecule has 0 radical (unpaired) electrons. The van der Waals surface area contributed by atoms with Gasteiger partial charge in [-0.2, -0.15) is 0 Å². The predicted molar refractivity (Wildman–Crippen MR) is 129 cm³/mol. The van der Waals surface area contributed by atoms with Gasteiger partial charge in [-0.25, -0.2) is 14.0 Å².